The summed E-state index contributed by atoms with van der Waals surface area (Å²) in [6.07, 6.45) is 0.919. The lowest BCUT2D eigenvalue weighted by molar-refractivity contribution is 0.317. The van der Waals surface area contributed by atoms with Crippen LogP contribution in [0.25, 0.3) is 22.3 Å². The second kappa shape index (κ2) is 6.24. The van der Waals surface area contributed by atoms with Crippen molar-refractivity contribution in [3.63, 3.8) is 0 Å². The Morgan fingerprint density at radius 3 is 2.59 bits per heavy atom. The van der Waals surface area contributed by atoms with Crippen LogP contribution in [0.5, 0.6) is 5.75 Å². The first-order chi connectivity index (χ1) is 10.7. The number of hydrogen-bond donors (Lipinski definition) is 0. The van der Waals surface area contributed by atoms with E-state index in [0.717, 1.165) is 12.0 Å². The van der Waals surface area contributed by atoms with Gasteiger partial charge in [-0.1, -0.05) is 18.5 Å². The van der Waals surface area contributed by atoms with Crippen molar-refractivity contribution < 1.29 is 9.15 Å². The minimum atomic E-state index is -0.0897. The number of halogens is 1. The van der Waals surface area contributed by atoms with E-state index < -0.39 is 0 Å². The summed E-state index contributed by atoms with van der Waals surface area (Å²) in [5.41, 5.74) is 1.27. The predicted molar refractivity (Wildman–Crippen MR) is 88.7 cm³/mol. The van der Waals surface area contributed by atoms with E-state index in [9.17, 15) is 4.79 Å². The third-order valence-corrected chi connectivity index (χ3v) is 3.55. The van der Waals surface area contributed by atoms with Crippen molar-refractivity contribution in [2.24, 2.45) is 0 Å². The van der Waals surface area contributed by atoms with Crippen molar-refractivity contribution in [1.82, 2.24) is 0 Å². The van der Waals surface area contributed by atoms with E-state index >= 15 is 0 Å². The minimum absolute atomic E-state index is 0.0897. The summed E-state index contributed by atoms with van der Waals surface area (Å²) in [6, 6.07) is 14.0. The van der Waals surface area contributed by atoms with Gasteiger partial charge in [0.2, 0.25) is 0 Å². The Hall–Kier alpha value is -2.26. The van der Waals surface area contributed by atoms with E-state index in [1.54, 1.807) is 24.3 Å². The molecule has 0 aliphatic rings. The van der Waals surface area contributed by atoms with Gasteiger partial charge in [-0.05, 0) is 48.9 Å². The molecule has 2 aromatic carbocycles. The summed E-state index contributed by atoms with van der Waals surface area (Å²) in [7, 11) is 0. The first-order valence-corrected chi connectivity index (χ1v) is 7.52. The van der Waals surface area contributed by atoms with Crippen LogP contribution in [0.1, 0.15) is 13.3 Å². The predicted octanol–water partition coefficient (Wildman–Crippen LogP) is 4.90. The Morgan fingerprint density at radius 1 is 1.09 bits per heavy atom. The fourth-order valence-electron chi connectivity index (χ4n) is 2.20. The average molecular weight is 315 g/mol. The molecule has 0 N–H and O–H groups in total. The lowest BCUT2D eigenvalue weighted by Gasteiger charge is -2.07. The highest BCUT2D eigenvalue weighted by Gasteiger charge is 2.08. The Kier molecular flexibility index (Phi) is 4.16. The molecule has 1 aromatic heterocycles. The van der Waals surface area contributed by atoms with Crippen LogP contribution in [-0.4, -0.2) is 6.61 Å². The topological polar surface area (TPSA) is 39.4 Å². The Balaban J connectivity index is 2.05. The Labute approximate surface area is 133 Å². The molecule has 0 fully saturated rings. The summed E-state index contributed by atoms with van der Waals surface area (Å²) in [5, 5.41) is 1.16. The van der Waals surface area contributed by atoms with Crippen molar-refractivity contribution in [3.8, 4) is 17.1 Å². The van der Waals surface area contributed by atoms with Crippen LogP contribution in [0, 0.1) is 0 Å². The lowest BCUT2D eigenvalue weighted by Crippen LogP contribution is -2.02. The molecule has 3 nitrogen and oxygen atoms in total. The molecule has 0 aliphatic heterocycles. The molecule has 0 aliphatic carbocycles. The molecule has 3 aromatic rings. The van der Waals surface area contributed by atoms with Crippen LogP contribution in [0.15, 0.2) is 57.7 Å². The molecule has 4 heteroatoms. The second-order valence-electron chi connectivity index (χ2n) is 4.99. The normalized spacial score (nSPS) is 10.8. The number of rotatable bonds is 4. The maximum atomic E-state index is 12.3. The zero-order valence-corrected chi connectivity index (χ0v) is 12.9. The third kappa shape index (κ3) is 3.00. The summed E-state index contributed by atoms with van der Waals surface area (Å²) in [5.74, 6) is 1.21. The molecule has 112 valence electrons. The molecule has 0 saturated heterocycles. The first kappa shape index (κ1) is 14.7. The quantitative estimate of drug-likeness (QED) is 0.687. The molecule has 3 rings (SSSR count). The van der Waals surface area contributed by atoms with Crippen molar-refractivity contribution in [3.05, 3.63) is 63.8 Å². The van der Waals surface area contributed by atoms with Crippen LogP contribution in [0.2, 0.25) is 5.02 Å². The van der Waals surface area contributed by atoms with Crippen molar-refractivity contribution >= 4 is 22.6 Å². The second-order valence-corrected chi connectivity index (χ2v) is 5.42. The maximum absolute atomic E-state index is 12.3. The minimum Gasteiger partial charge on any atom is -0.494 e. The van der Waals surface area contributed by atoms with Gasteiger partial charge in [0.25, 0.3) is 0 Å². The number of benzene rings is 2. The molecule has 0 unspecified atom stereocenters. The van der Waals surface area contributed by atoms with Gasteiger partial charge in [-0.15, -0.1) is 0 Å². The van der Waals surface area contributed by atoms with Gasteiger partial charge >= 0.3 is 0 Å². The molecule has 22 heavy (non-hydrogen) atoms. The highest BCUT2D eigenvalue weighted by Crippen LogP contribution is 2.25. The van der Waals surface area contributed by atoms with Gasteiger partial charge in [-0.2, -0.15) is 0 Å². The average Bonchev–Trinajstić information content (AvgIpc) is 2.53. The fourth-order valence-corrected chi connectivity index (χ4v) is 2.33. The maximum Gasteiger partial charge on any atom is 0.193 e. The van der Waals surface area contributed by atoms with Gasteiger partial charge < -0.3 is 9.15 Å². The SMILES string of the molecule is CCCOc1ccc2oc(-c3ccc(Cl)cc3)cc(=O)c2c1. The van der Waals surface area contributed by atoms with Gasteiger partial charge in [0.15, 0.2) is 5.43 Å². The van der Waals surface area contributed by atoms with Crippen molar-refractivity contribution in [1.29, 1.82) is 0 Å². The van der Waals surface area contributed by atoms with Gasteiger partial charge in [0.1, 0.15) is 17.1 Å². The zero-order valence-electron chi connectivity index (χ0n) is 12.1. The highest BCUT2D eigenvalue weighted by atomic mass is 35.5. The zero-order chi connectivity index (χ0) is 15.5. The standard InChI is InChI=1S/C18H15ClO3/c1-2-9-21-14-7-8-17-15(10-14)16(20)11-18(22-17)12-3-5-13(19)6-4-12/h3-8,10-11H,2,9H2,1H3. The summed E-state index contributed by atoms with van der Waals surface area (Å²) >= 11 is 5.88. The van der Waals surface area contributed by atoms with Crippen LogP contribution >= 0.6 is 11.6 Å². The molecule has 0 spiro atoms. The van der Waals surface area contributed by atoms with Crippen LogP contribution in [-0.2, 0) is 0 Å². The van der Waals surface area contributed by atoms with E-state index in [-0.39, 0.29) is 5.43 Å². The Bertz CT molecular complexity index is 850. The van der Waals surface area contributed by atoms with E-state index in [1.165, 1.54) is 6.07 Å². The summed E-state index contributed by atoms with van der Waals surface area (Å²) in [6.45, 7) is 2.66. The van der Waals surface area contributed by atoms with E-state index in [4.69, 9.17) is 20.8 Å². The van der Waals surface area contributed by atoms with Gasteiger partial charge in [0, 0.05) is 16.7 Å². The molecule has 0 radical (unpaired) electrons. The molecule has 0 bridgehead atoms. The largest absolute Gasteiger partial charge is 0.494 e. The van der Waals surface area contributed by atoms with Gasteiger partial charge in [0.05, 0.1) is 12.0 Å². The number of ether oxygens (including phenoxy) is 1. The van der Waals surface area contributed by atoms with E-state index in [2.05, 4.69) is 0 Å². The molecule has 0 atom stereocenters. The first-order valence-electron chi connectivity index (χ1n) is 7.14. The highest BCUT2D eigenvalue weighted by molar-refractivity contribution is 6.30. The molecule has 0 saturated carbocycles. The third-order valence-electron chi connectivity index (χ3n) is 3.30. The summed E-state index contributed by atoms with van der Waals surface area (Å²) < 4.78 is 11.4. The van der Waals surface area contributed by atoms with E-state index in [0.29, 0.717) is 34.1 Å². The monoisotopic (exact) mass is 314 g/mol. The van der Waals surface area contributed by atoms with Crippen molar-refractivity contribution in [2.45, 2.75) is 13.3 Å². The lowest BCUT2D eigenvalue weighted by atomic mass is 10.1. The van der Waals surface area contributed by atoms with E-state index in [1.807, 2.05) is 25.1 Å². The molecule has 0 amide bonds. The van der Waals surface area contributed by atoms with Crippen LogP contribution in [0.4, 0.5) is 0 Å². The summed E-state index contributed by atoms with van der Waals surface area (Å²) in [4.78, 5) is 12.3. The Morgan fingerprint density at radius 2 is 1.86 bits per heavy atom. The molecular weight excluding hydrogens is 300 g/mol. The van der Waals surface area contributed by atoms with Crippen molar-refractivity contribution in [2.75, 3.05) is 6.61 Å². The molecular formula is C18H15ClO3. The number of hydrogen-bond acceptors (Lipinski definition) is 3. The van der Waals surface area contributed by atoms with Crippen LogP contribution < -0.4 is 10.2 Å². The number of fused-ring (bicyclic) bond motifs is 1. The fraction of sp³-hybridized carbons (Fsp3) is 0.167. The van der Waals surface area contributed by atoms with Gasteiger partial charge in [-0.3, -0.25) is 4.79 Å². The van der Waals surface area contributed by atoms with Gasteiger partial charge in [-0.25, -0.2) is 0 Å². The smallest absolute Gasteiger partial charge is 0.193 e. The molecule has 1 heterocycles. The van der Waals surface area contributed by atoms with Crippen LogP contribution in [0.3, 0.4) is 0 Å².